The lowest BCUT2D eigenvalue weighted by Crippen LogP contribution is -2.28. The van der Waals surface area contributed by atoms with Gasteiger partial charge >= 0.3 is 5.97 Å². The molecule has 0 saturated carbocycles. The molecule has 1 amide bonds. The third-order valence-electron chi connectivity index (χ3n) is 2.36. The second-order valence-electron chi connectivity index (χ2n) is 3.40. The fraction of sp³-hybridized carbons (Fsp3) is 0.333. The first-order valence-corrected chi connectivity index (χ1v) is 6.28. The first kappa shape index (κ1) is 13.6. The predicted molar refractivity (Wildman–Crippen MR) is 68.3 cm³/mol. The Morgan fingerprint density at radius 2 is 1.88 bits per heavy atom. The zero-order valence-electron chi connectivity index (χ0n) is 10.1. The third kappa shape index (κ3) is 3.78. The summed E-state index contributed by atoms with van der Waals surface area (Å²) in [7, 11) is 2.91. The van der Waals surface area contributed by atoms with Gasteiger partial charge in [-0.15, -0.1) is 11.8 Å². The van der Waals surface area contributed by atoms with E-state index < -0.39 is 5.97 Å². The highest BCUT2D eigenvalue weighted by Gasteiger charge is 2.15. The van der Waals surface area contributed by atoms with Crippen LogP contribution in [0.15, 0.2) is 29.2 Å². The molecule has 0 atom stereocenters. The number of benzene rings is 1. The van der Waals surface area contributed by atoms with Crippen molar-refractivity contribution in [1.82, 2.24) is 0 Å². The molecule has 0 saturated heterocycles. The number of esters is 1. The van der Waals surface area contributed by atoms with Crippen molar-refractivity contribution in [2.75, 3.05) is 25.3 Å². The summed E-state index contributed by atoms with van der Waals surface area (Å²) in [6, 6.07) is 7.56. The maximum absolute atomic E-state index is 11.7. The number of thioether (sulfide) groups is 1. The van der Waals surface area contributed by atoms with Gasteiger partial charge in [0.2, 0.25) is 5.91 Å². The standard InChI is InChI=1S/C12H15NO3S/c1-13(11(14)8-12(15)16-2)9-4-6-10(17-3)7-5-9/h4-7H,8H2,1-3H3. The van der Waals surface area contributed by atoms with Crippen LogP contribution in [0.2, 0.25) is 0 Å². The molecule has 1 aromatic carbocycles. The number of anilines is 1. The van der Waals surface area contributed by atoms with Gasteiger partial charge in [0.05, 0.1) is 7.11 Å². The lowest BCUT2D eigenvalue weighted by Gasteiger charge is -2.16. The molecule has 17 heavy (non-hydrogen) atoms. The zero-order valence-corrected chi connectivity index (χ0v) is 10.9. The topological polar surface area (TPSA) is 46.6 Å². The third-order valence-corrected chi connectivity index (χ3v) is 3.10. The Bertz CT molecular complexity index is 403. The molecule has 0 heterocycles. The highest BCUT2D eigenvalue weighted by molar-refractivity contribution is 7.98. The van der Waals surface area contributed by atoms with Crippen LogP contribution >= 0.6 is 11.8 Å². The van der Waals surface area contributed by atoms with Crippen molar-refractivity contribution in [1.29, 1.82) is 0 Å². The maximum atomic E-state index is 11.7. The molecule has 0 aliphatic rings. The van der Waals surface area contributed by atoms with E-state index in [0.29, 0.717) is 0 Å². The molecule has 0 fully saturated rings. The maximum Gasteiger partial charge on any atom is 0.315 e. The molecule has 0 aliphatic heterocycles. The van der Waals surface area contributed by atoms with Gasteiger partial charge in [-0.2, -0.15) is 0 Å². The number of carbonyl (C=O) groups is 2. The minimum Gasteiger partial charge on any atom is -0.469 e. The summed E-state index contributed by atoms with van der Waals surface area (Å²) < 4.78 is 4.45. The van der Waals surface area contributed by atoms with Crippen molar-refractivity contribution in [2.24, 2.45) is 0 Å². The van der Waals surface area contributed by atoms with E-state index in [1.165, 1.54) is 12.0 Å². The Labute approximate surface area is 105 Å². The number of rotatable bonds is 4. The van der Waals surface area contributed by atoms with E-state index in [1.807, 2.05) is 30.5 Å². The molecule has 1 aromatic rings. The summed E-state index contributed by atoms with van der Waals surface area (Å²) >= 11 is 1.63. The van der Waals surface area contributed by atoms with Crippen molar-refractivity contribution in [3.63, 3.8) is 0 Å². The minimum absolute atomic E-state index is 0.239. The molecule has 4 nitrogen and oxygen atoms in total. The van der Waals surface area contributed by atoms with Crippen molar-refractivity contribution >= 4 is 29.3 Å². The highest BCUT2D eigenvalue weighted by Crippen LogP contribution is 2.20. The summed E-state index contributed by atoms with van der Waals surface area (Å²) in [6.07, 6.45) is 1.75. The van der Waals surface area contributed by atoms with Crippen molar-refractivity contribution in [2.45, 2.75) is 11.3 Å². The molecule has 1 rings (SSSR count). The average molecular weight is 253 g/mol. The second-order valence-corrected chi connectivity index (χ2v) is 4.28. The predicted octanol–water partition coefficient (Wildman–Crippen LogP) is 1.93. The first-order valence-electron chi connectivity index (χ1n) is 5.06. The number of hydrogen-bond acceptors (Lipinski definition) is 4. The van der Waals surface area contributed by atoms with E-state index in [0.717, 1.165) is 10.6 Å². The minimum atomic E-state index is -0.525. The van der Waals surface area contributed by atoms with Crippen molar-refractivity contribution in [3.8, 4) is 0 Å². The van der Waals surface area contributed by atoms with Gasteiger partial charge in [-0.1, -0.05) is 0 Å². The second kappa shape index (κ2) is 6.30. The van der Waals surface area contributed by atoms with Gasteiger partial charge < -0.3 is 9.64 Å². The van der Waals surface area contributed by atoms with Gasteiger partial charge in [0.1, 0.15) is 6.42 Å². The first-order chi connectivity index (χ1) is 8.08. The number of hydrogen-bond donors (Lipinski definition) is 0. The van der Waals surface area contributed by atoms with Gasteiger partial charge in [0, 0.05) is 17.6 Å². The van der Waals surface area contributed by atoms with Gasteiger partial charge in [0.25, 0.3) is 0 Å². The Morgan fingerprint density at radius 1 is 1.29 bits per heavy atom. The monoisotopic (exact) mass is 253 g/mol. The molecule has 0 N–H and O–H groups in total. The molecule has 0 radical (unpaired) electrons. The molecule has 0 aromatic heterocycles. The number of amides is 1. The Balaban J connectivity index is 2.71. The van der Waals surface area contributed by atoms with Gasteiger partial charge in [0.15, 0.2) is 0 Å². The molecule has 0 unspecified atom stereocenters. The van der Waals surface area contributed by atoms with Crippen molar-refractivity contribution in [3.05, 3.63) is 24.3 Å². The summed E-state index contributed by atoms with van der Waals surface area (Å²) in [5.74, 6) is -0.809. The van der Waals surface area contributed by atoms with Crippen LogP contribution in [0, 0.1) is 0 Å². The average Bonchev–Trinajstić information content (AvgIpc) is 2.37. The highest BCUT2D eigenvalue weighted by atomic mass is 32.2. The molecule has 0 aliphatic carbocycles. The van der Waals surface area contributed by atoms with Gasteiger partial charge in [-0.3, -0.25) is 9.59 Å². The Morgan fingerprint density at radius 3 is 2.35 bits per heavy atom. The lowest BCUT2D eigenvalue weighted by molar-refractivity contribution is -0.143. The van der Waals surface area contributed by atoms with Gasteiger partial charge in [-0.05, 0) is 30.5 Å². The quantitative estimate of drug-likeness (QED) is 0.467. The fourth-order valence-electron chi connectivity index (χ4n) is 1.26. The number of nitrogens with zero attached hydrogens (tertiary/aromatic N) is 1. The van der Waals surface area contributed by atoms with Gasteiger partial charge in [-0.25, -0.2) is 0 Å². The molecular formula is C12H15NO3S. The van der Waals surface area contributed by atoms with E-state index in [4.69, 9.17) is 0 Å². The SMILES string of the molecule is COC(=O)CC(=O)N(C)c1ccc(SC)cc1. The van der Waals surface area contributed by atoms with Crippen LogP contribution in [-0.4, -0.2) is 32.3 Å². The molecular weight excluding hydrogens is 238 g/mol. The normalized spacial score (nSPS) is 9.82. The van der Waals surface area contributed by atoms with E-state index in [-0.39, 0.29) is 12.3 Å². The Kier molecular flexibility index (Phi) is 5.03. The summed E-state index contributed by atoms with van der Waals surface area (Å²) in [6.45, 7) is 0. The van der Waals surface area contributed by atoms with E-state index in [9.17, 15) is 9.59 Å². The van der Waals surface area contributed by atoms with E-state index in [1.54, 1.807) is 18.8 Å². The lowest BCUT2D eigenvalue weighted by atomic mass is 10.2. The van der Waals surface area contributed by atoms with E-state index in [2.05, 4.69) is 4.74 Å². The summed E-state index contributed by atoms with van der Waals surface area (Å²) in [4.78, 5) is 25.2. The Hall–Kier alpha value is -1.49. The summed E-state index contributed by atoms with van der Waals surface area (Å²) in [5.41, 5.74) is 0.761. The molecule has 0 bridgehead atoms. The fourth-order valence-corrected chi connectivity index (χ4v) is 1.67. The van der Waals surface area contributed by atoms with Crippen molar-refractivity contribution < 1.29 is 14.3 Å². The zero-order chi connectivity index (χ0) is 12.8. The van der Waals surface area contributed by atoms with Crippen LogP contribution in [0.5, 0.6) is 0 Å². The number of methoxy groups -OCH3 is 1. The summed E-state index contributed by atoms with van der Waals surface area (Å²) in [5, 5.41) is 0. The van der Waals surface area contributed by atoms with Crippen LogP contribution in [0.1, 0.15) is 6.42 Å². The largest absolute Gasteiger partial charge is 0.469 e. The van der Waals surface area contributed by atoms with E-state index >= 15 is 0 Å². The van der Waals surface area contributed by atoms with Crippen LogP contribution in [-0.2, 0) is 14.3 Å². The van der Waals surface area contributed by atoms with Crippen LogP contribution in [0.4, 0.5) is 5.69 Å². The van der Waals surface area contributed by atoms with Crippen LogP contribution < -0.4 is 4.90 Å². The number of ether oxygens (including phenoxy) is 1. The molecule has 0 spiro atoms. The van der Waals surface area contributed by atoms with Crippen LogP contribution in [0.25, 0.3) is 0 Å². The smallest absolute Gasteiger partial charge is 0.315 e. The number of carbonyl (C=O) groups excluding carboxylic acids is 2. The molecule has 92 valence electrons. The van der Waals surface area contributed by atoms with Crippen LogP contribution in [0.3, 0.4) is 0 Å². The molecule has 5 heteroatoms.